The van der Waals surface area contributed by atoms with Crippen molar-refractivity contribution in [3.05, 3.63) is 29.8 Å². The molecule has 1 aromatic carbocycles. The van der Waals surface area contributed by atoms with Crippen LogP contribution in [-0.2, 0) is 10.0 Å². The Hall–Kier alpha value is -1.48. The minimum atomic E-state index is -3.91. The Labute approximate surface area is 109 Å². The number of carbonyl (C=O) groups is 1. The van der Waals surface area contributed by atoms with Crippen LogP contribution < -0.4 is 0 Å². The lowest BCUT2D eigenvalue weighted by molar-refractivity contribution is 0.0572. The van der Waals surface area contributed by atoms with Gasteiger partial charge in [-0.1, -0.05) is 6.07 Å². The first-order chi connectivity index (χ1) is 8.82. The summed E-state index contributed by atoms with van der Waals surface area (Å²) < 4.78 is 25.4. The van der Waals surface area contributed by atoms with Crippen LogP contribution in [0.3, 0.4) is 0 Å². The molecule has 2 rings (SSSR count). The number of carboxylic acid groups (broad SMARTS) is 1. The zero-order valence-corrected chi connectivity index (χ0v) is 10.6. The van der Waals surface area contributed by atoms with Crippen molar-refractivity contribution in [2.45, 2.75) is 17.1 Å². The van der Waals surface area contributed by atoms with Crippen LogP contribution in [0.5, 0.6) is 0 Å². The molecule has 1 aromatic rings. The van der Waals surface area contributed by atoms with Gasteiger partial charge in [0.15, 0.2) is 0 Å². The first-order valence-corrected chi connectivity index (χ1v) is 6.96. The molecule has 1 aliphatic rings. The molecule has 2 unspecified atom stereocenters. The Balaban J connectivity index is 2.35. The van der Waals surface area contributed by atoms with Gasteiger partial charge in [-0.3, -0.25) is 0 Å². The molecule has 0 aromatic heterocycles. The SMILES string of the molecule is O=C(O)c1cccc(S(=O)(=O)N2CC(O)C(O)C2)c1. The summed E-state index contributed by atoms with van der Waals surface area (Å²) in [7, 11) is -3.91. The van der Waals surface area contributed by atoms with Crippen molar-refractivity contribution in [3.8, 4) is 0 Å². The third-order valence-electron chi connectivity index (χ3n) is 2.94. The lowest BCUT2D eigenvalue weighted by atomic mass is 10.2. The zero-order valence-electron chi connectivity index (χ0n) is 9.80. The molecular weight excluding hydrogens is 274 g/mol. The van der Waals surface area contributed by atoms with E-state index in [-0.39, 0.29) is 23.5 Å². The third-order valence-corrected chi connectivity index (χ3v) is 4.77. The highest BCUT2D eigenvalue weighted by atomic mass is 32.2. The average molecular weight is 287 g/mol. The van der Waals surface area contributed by atoms with E-state index in [0.717, 1.165) is 10.4 Å². The van der Waals surface area contributed by atoms with E-state index in [9.17, 15) is 23.4 Å². The molecule has 104 valence electrons. The van der Waals surface area contributed by atoms with Crippen LogP contribution in [0.15, 0.2) is 29.2 Å². The number of rotatable bonds is 3. The van der Waals surface area contributed by atoms with Crippen molar-refractivity contribution in [1.82, 2.24) is 4.31 Å². The van der Waals surface area contributed by atoms with Crippen LogP contribution in [0.25, 0.3) is 0 Å². The van der Waals surface area contributed by atoms with E-state index in [1.165, 1.54) is 18.2 Å². The van der Waals surface area contributed by atoms with Gasteiger partial charge in [0.25, 0.3) is 0 Å². The predicted octanol–water partition coefficient (Wildman–Crippen LogP) is -0.889. The van der Waals surface area contributed by atoms with Crippen molar-refractivity contribution in [2.24, 2.45) is 0 Å². The molecule has 1 heterocycles. The number of carboxylic acids is 1. The molecule has 1 fully saturated rings. The molecular formula is C11H13NO6S. The molecule has 1 saturated heterocycles. The molecule has 3 N–H and O–H groups in total. The van der Waals surface area contributed by atoms with E-state index in [4.69, 9.17) is 5.11 Å². The van der Waals surface area contributed by atoms with Crippen LogP contribution >= 0.6 is 0 Å². The fraction of sp³-hybridized carbons (Fsp3) is 0.364. The topological polar surface area (TPSA) is 115 Å². The van der Waals surface area contributed by atoms with Crippen molar-refractivity contribution in [3.63, 3.8) is 0 Å². The van der Waals surface area contributed by atoms with Gasteiger partial charge in [-0.05, 0) is 18.2 Å². The summed E-state index contributed by atoms with van der Waals surface area (Å²) in [6, 6.07) is 4.95. The van der Waals surface area contributed by atoms with Crippen molar-refractivity contribution in [1.29, 1.82) is 0 Å². The smallest absolute Gasteiger partial charge is 0.335 e. The summed E-state index contributed by atoms with van der Waals surface area (Å²) in [5.41, 5.74) is -0.138. The van der Waals surface area contributed by atoms with E-state index in [1.54, 1.807) is 0 Å². The molecule has 1 aliphatic heterocycles. The Morgan fingerprint density at radius 2 is 1.79 bits per heavy atom. The highest BCUT2D eigenvalue weighted by Gasteiger charge is 2.37. The standard InChI is InChI=1S/C11H13NO6S/c13-9-5-12(6-10(9)14)19(17,18)8-3-1-2-7(4-8)11(15)16/h1-4,9-10,13-14H,5-6H2,(H,15,16). The summed E-state index contributed by atoms with van der Waals surface area (Å²) in [4.78, 5) is 10.6. The molecule has 7 nitrogen and oxygen atoms in total. The molecule has 0 bridgehead atoms. The van der Waals surface area contributed by atoms with E-state index < -0.39 is 28.2 Å². The van der Waals surface area contributed by atoms with Crippen molar-refractivity contribution in [2.75, 3.05) is 13.1 Å². The maximum atomic E-state index is 12.2. The fourth-order valence-electron chi connectivity index (χ4n) is 1.87. The van der Waals surface area contributed by atoms with Crippen molar-refractivity contribution < 1.29 is 28.5 Å². The first kappa shape index (κ1) is 13.9. The second-order valence-electron chi connectivity index (χ2n) is 4.29. The molecule has 8 heteroatoms. The van der Waals surface area contributed by atoms with Gasteiger partial charge in [0.2, 0.25) is 10.0 Å². The Bertz CT molecular complexity index is 589. The number of hydrogen-bond donors (Lipinski definition) is 3. The molecule has 0 amide bonds. The van der Waals surface area contributed by atoms with Gasteiger partial charge in [-0.15, -0.1) is 0 Å². The number of aliphatic hydroxyl groups is 2. The molecule has 0 spiro atoms. The molecule has 0 radical (unpaired) electrons. The lowest BCUT2D eigenvalue weighted by Gasteiger charge is -2.15. The quantitative estimate of drug-likeness (QED) is 0.664. The summed E-state index contributed by atoms with van der Waals surface area (Å²) in [5.74, 6) is -1.22. The van der Waals surface area contributed by atoms with Crippen LogP contribution in [0.1, 0.15) is 10.4 Å². The second-order valence-corrected chi connectivity index (χ2v) is 6.23. The van der Waals surface area contributed by atoms with Gasteiger partial charge in [-0.25, -0.2) is 13.2 Å². The van der Waals surface area contributed by atoms with Gasteiger partial charge in [-0.2, -0.15) is 4.31 Å². The highest BCUT2D eigenvalue weighted by Crippen LogP contribution is 2.22. The normalized spacial score (nSPS) is 24.5. The summed E-state index contributed by atoms with van der Waals surface area (Å²) >= 11 is 0. The second kappa shape index (κ2) is 4.89. The van der Waals surface area contributed by atoms with Gasteiger partial charge in [0.05, 0.1) is 22.7 Å². The largest absolute Gasteiger partial charge is 0.478 e. The number of sulfonamides is 1. The van der Waals surface area contributed by atoms with Crippen LogP contribution in [0.4, 0.5) is 0 Å². The van der Waals surface area contributed by atoms with Crippen LogP contribution in [0, 0.1) is 0 Å². The van der Waals surface area contributed by atoms with E-state index in [0.29, 0.717) is 0 Å². The lowest BCUT2D eigenvalue weighted by Crippen LogP contribution is -2.30. The fourth-order valence-corrected chi connectivity index (χ4v) is 3.39. The minimum absolute atomic E-state index is 0.138. The number of benzene rings is 1. The van der Waals surface area contributed by atoms with Crippen LogP contribution in [0.2, 0.25) is 0 Å². The number of aromatic carboxylic acids is 1. The van der Waals surface area contributed by atoms with Crippen LogP contribution in [-0.4, -0.2) is 59.3 Å². The Morgan fingerprint density at radius 1 is 1.21 bits per heavy atom. The molecule has 2 atom stereocenters. The zero-order chi connectivity index (χ0) is 14.2. The molecule has 0 aliphatic carbocycles. The maximum absolute atomic E-state index is 12.2. The number of β-amino-alcohol motifs (C(OH)–C–C–N with tert-alkyl or cyclic N) is 2. The van der Waals surface area contributed by atoms with E-state index >= 15 is 0 Å². The first-order valence-electron chi connectivity index (χ1n) is 5.52. The number of aliphatic hydroxyl groups excluding tert-OH is 2. The summed E-state index contributed by atoms with van der Waals surface area (Å²) in [6.45, 7) is -0.415. The maximum Gasteiger partial charge on any atom is 0.335 e. The Kier molecular flexibility index (Phi) is 3.59. The monoisotopic (exact) mass is 287 g/mol. The Morgan fingerprint density at radius 3 is 2.32 bits per heavy atom. The number of hydrogen-bond acceptors (Lipinski definition) is 5. The van der Waals surface area contributed by atoms with Gasteiger partial charge in [0, 0.05) is 13.1 Å². The summed E-state index contributed by atoms with van der Waals surface area (Å²) in [5, 5.41) is 27.6. The van der Waals surface area contributed by atoms with Gasteiger partial charge < -0.3 is 15.3 Å². The van der Waals surface area contributed by atoms with Gasteiger partial charge in [0.1, 0.15) is 0 Å². The number of nitrogens with zero attached hydrogens (tertiary/aromatic N) is 1. The minimum Gasteiger partial charge on any atom is -0.478 e. The summed E-state index contributed by atoms with van der Waals surface area (Å²) in [6.07, 6.45) is -2.25. The van der Waals surface area contributed by atoms with Crippen molar-refractivity contribution >= 4 is 16.0 Å². The average Bonchev–Trinajstić information content (AvgIpc) is 2.70. The highest BCUT2D eigenvalue weighted by molar-refractivity contribution is 7.89. The molecule has 0 saturated carbocycles. The van der Waals surface area contributed by atoms with E-state index in [2.05, 4.69) is 0 Å². The van der Waals surface area contributed by atoms with E-state index in [1.807, 2.05) is 0 Å². The van der Waals surface area contributed by atoms with Gasteiger partial charge >= 0.3 is 5.97 Å². The third kappa shape index (κ3) is 2.61. The predicted molar refractivity (Wildman–Crippen MR) is 64.2 cm³/mol. The molecule has 19 heavy (non-hydrogen) atoms.